The van der Waals surface area contributed by atoms with Gasteiger partial charge in [-0.3, -0.25) is 14.5 Å². The molecule has 110 valence electrons. The smallest absolute Gasteiger partial charge is 0.331 e. The molecule has 0 atom stereocenters. The number of benzene rings is 2. The summed E-state index contributed by atoms with van der Waals surface area (Å²) in [4.78, 5) is 37.2. The summed E-state index contributed by atoms with van der Waals surface area (Å²) in [5, 5.41) is 0. The Kier molecular flexibility index (Phi) is 3.77. The third-order valence-corrected chi connectivity index (χ3v) is 3.88. The molecule has 0 unspecified atom stereocenters. The molecule has 2 aromatic carbocycles. The van der Waals surface area contributed by atoms with Gasteiger partial charge in [0.15, 0.2) is 0 Å². The van der Waals surface area contributed by atoms with Crippen LogP contribution >= 0.6 is 15.9 Å². The number of hydrogen-bond donors (Lipinski definition) is 0. The Labute approximate surface area is 134 Å². The highest BCUT2D eigenvalue weighted by atomic mass is 79.9. The van der Waals surface area contributed by atoms with Gasteiger partial charge < -0.3 is 4.74 Å². The van der Waals surface area contributed by atoms with E-state index >= 15 is 0 Å². The van der Waals surface area contributed by atoms with Gasteiger partial charge in [0.05, 0.1) is 15.6 Å². The molecule has 2 aromatic rings. The first-order valence-electron chi connectivity index (χ1n) is 6.48. The number of ether oxygens (including phenoxy) is 1. The molecule has 0 saturated heterocycles. The fourth-order valence-electron chi connectivity index (χ4n) is 2.19. The van der Waals surface area contributed by atoms with Crippen molar-refractivity contribution in [2.75, 3.05) is 6.54 Å². The molecule has 0 spiro atoms. The first kappa shape index (κ1) is 14.5. The molecule has 0 aromatic heterocycles. The lowest BCUT2D eigenvalue weighted by atomic mass is 10.1. The molecule has 0 bridgehead atoms. The number of hydrogen-bond acceptors (Lipinski definition) is 4. The zero-order chi connectivity index (χ0) is 15.7. The SMILES string of the molecule is O=C(CN1C(=O)c2ccccc2C1=O)Oc1ccccc1Br. The van der Waals surface area contributed by atoms with Gasteiger partial charge in [0.2, 0.25) is 0 Å². The molecule has 1 aliphatic rings. The van der Waals surface area contributed by atoms with Gasteiger partial charge in [0, 0.05) is 0 Å². The Morgan fingerprint density at radius 2 is 1.50 bits per heavy atom. The van der Waals surface area contributed by atoms with E-state index in [0.29, 0.717) is 21.3 Å². The molecular formula is C16H10BrNO4. The number of fused-ring (bicyclic) bond motifs is 1. The van der Waals surface area contributed by atoms with Crippen LogP contribution < -0.4 is 4.74 Å². The highest BCUT2D eigenvalue weighted by molar-refractivity contribution is 9.10. The summed E-state index contributed by atoms with van der Waals surface area (Å²) in [5.74, 6) is -1.31. The van der Waals surface area contributed by atoms with Gasteiger partial charge in [0.25, 0.3) is 11.8 Å². The monoisotopic (exact) mass is 359 g/mol. The highest BCUT2D eigenvalue weighted by Gasteiger charge is 2.36. The minimum absolute atomic E-state index is 0.307. The van der Waals surface area contributed by atoms with Crippen molar-refractivity contribution in [1.29, 1.82) is 0 Å². The van der Waals surface area contributed by atoms with Gasteiger partial charge in [0.1, 0.15) is 12.3 Å². The van der Waals surface area contributed by atoms with Crippen molar-refractivity contribution in [2.45, 2.75) is 0 Å². The summed E-state index contributed by atoms with van der Waals surface area (Å²) < 4.78 is 5.79. The second-order valence-corrected chi connectivity index (χ2v) is 5.50. The molecule has 2 amide bonds. The molecule has 1 heterocycles. The lowest BCUT2D eigenvalue weighted by Crippen LogP contribution is -2.36. The third kappa shape index (κ3) is 2.53. The average Bonchev–Trinajstić information content (AvgIpc) is 2.75. The Morgan fingerprint density at radius 3 is 2.09 bits per heavy atom. The molecule has 0 N–H and O–H groups in total. The molecule has 3 rings (SSSR count). The standard InChI is InChI=1S/C16H10BrNO4/c17-12-7-3-4-8-13(12)22-14(19)9-18-15(20)10-5-1-2-6-11(10)16(18)21/h1-8H,9H2. The van der Waals surface area contributed by atoms with Gasteiger partial charge in [-0.05, 0) is 40.2 Å². The zero-order valence-corrected chi connectivity index (χ0v) is 12.9. The second kappa shape index (κ2) is 5.73. The number of para-hydroxylation sites is 1. The van der Waals surface area contributed by atoms with E-state index < -0.39 is 24.3 Å². The van der Waals surface area contributed by atoms with E-state index in [4.69, 9.17) is 4.74 Å². The zero-order valence-electron chi connectivity index (χ0n) is 11.3. The number of nitrogens with zero attached hydrogens (tertiary/aromatic N) is 1. The summed E-state index contributed by atoms with van der Waals surface area (Å²) in [6, 6.07) is 13.3. The summed E-state index contributed by atoms with van der Waals surface area (Å²) in [5.41, 5.74) is 0.613. The van der Waals surface area contributed by atoms with Gasteiger partial charge in [-0.1, -0.05) is 24.3 Å². The molecule has 0 fully saturated rings. The van der Waals surface area contributed by atoms with E-state index in [2.05, 4.69) is 15.9 Å². The normalized spacial score (nSPS) is 13.2. The van der Waals surface area contributed by atoms with Gasteiger partial charge in [-0.15, -0.1) is 0 Å². The van der Waals surface area contributed by atoms with Crippen LogP contribution in [0, 0.1) is 0 Å². The largest absolute Gasteiger partial charge is 0.424 e. The van der Waals surface area contributed by atoms with E-state index in [9.17, 15) is 14.4 Å². The van der Waals surface area contributed by atoms with Crippen LogP contribution in [-0.4, -0.2) is 29.2 Å². The van der Waals surface area contributed by atoms with Crippen LogP contribution in [0.3, 0.4) is 0 Å². The first-order valence-corrected chi connectivity index (χ1v) is 7.27. The molecule has 0 saturated carbocycles. The molecule has 22 heavy (non-hydrogen) atoms. The minimum Gasteiger partial charge on any atom is -0.424 e. The third-order valence-electron chi connectivity index (χ3n) is 3.23. The quantitative estimate of drug-likeness (QED) is 0.480. The van der Waals surface area contributed by atoms with E-state index in [1.54, 1.807) is 48.5 Å². The van der Waals surface area contributed by atoms with Crippen molar-refractivity contribution in [3.8, 4) is 5.75 Å². The number of carbonyl (C=O) groups excluding carboxylic acids is 3. The van der Waals surface area contributed by atoms with E-state index in [-0.39, 0.29) is 0 Å². The van der Waals surface area contributed by atoms with Crippen LogP contribution in [0.15, 0.2) is 53.0 Å². The maximum Gasteiger partial charge on any atom is 0.331 e. The Hall–Kier alpha value is -2.47. The fourth-order valence-corrected chi connectivity index (χ4v) is 2.56. The summed E-state index contributed by atoms with van der Waals surface area (Å²) in [7, 11) is 0. The lowest BCUT2D eigenvalue weighted by Gasteiger charge is -2.13. The molecule has 1 aliphatic heterocycles. The van der Waals surface area contributed by atoms with Crippen molar-refractivity contribution in [1.82, 2.24) is 4.90 Å². The van der Waals surface area contributed by atoms with Crippen molar-refractivity contribution < 1.29 is 19.1 Å². The lowest BCUT2D eigenvalue weighted by molar-refractivity contribution is -0.134. The number of halogens is 1. The number of amides is 2. The summed E-state index contributed by atoms with van der Waals surface area (Å²) >= 11 is 3.26. The van der Waals surface area contributed by atoms with E-state index in [0.717, 1.165) is 4.90 Å². The van der Waals surface area contributed by atoms with Crippen LogP contribution in [0.2, 0.25) is 0 Å². The van der Waals surface area contributed by atoms with Crippen molar-refractivity contribution in [2.24, 2.45) is 0 Å². The topological polar surface area (TPSA) is 63.7 Å². The number of rotatable bonds is 3. The average molecular weight is 360 g/mol. The number of carbonyl (C=O) groups is 3. The second-order valence-electron chi connectivity index (χ2n) is 4.65. The minimum atomic E-state index is -0.679. The van der Waals surface area contributed by atoms with Crippen molar-refractivity contribution in [3.63, 3.8) is 0 Å². The van der Waals surface area contributed by atoms with E-state index in [1.165, 1.54) is 0 Å². The molecule has 0 radical (unpaired) electrons. The molecule has 5 nitrogen and oxygen atoms in total. The Morgan fingerprint density at radius 1 is 0.955 bits per heavy atom. The van der Waals surface area contributed by atoms with Gasteiger partial charge in [-0.2, -0.15) is 0 Å². The number of imide groups is 1. The van der Waals surface area contributed by atoms with Gasteiger partial charge >= 0.3 is 5.97 Å². The van der Waals surface area contributed by atoms with Crippen molar-refractivity contribution in [3.05, 3.63) is 64.1 Å². The number of esters is 1. The van der Waals surface area contributed by atoms with E-state index in [1.807, 2.05) is 0 Å². The van der Waals surface area contributed by atoms with Crippen LogP contribution in [0.25, 0.3) is 0 Å². The van der Waals surface area contributed by atoms with Crippen LogP contribution in [0.4, 0.5) is 0 Å². The van der Waals surface area contributed by atoms with Crippen LogP contribution in [-0.2, 0) is 4.79 Å². The Bertz CT molecular complexity index is 752. The predicted octanol–water partition coefficient (Wildman–Crippen LogP) is 2.65. The van der Waals surface area contributed by atoms with Crippen LogP contribution in [0.1, 0.15) is 20.7 Å². The molecule has 6 heteroatoms. The predicted molar refractivity (Wildman–Crippen MR) is 81.6 cm³/mol. The summed E-state index contributed by atoms with van der Waals surface area (Å²) in [6.07, 6.45) is 0. The first-order chi connectivity index (χ1) is 10.6. The van der Waals surface area contributed by atoms with Crippen LogP contribution in [0.5, 0.6) is 5.75 Å². The van der Waals surface area contributed by atoms with Gasteiger partial charge in [-0.25, -0.2) is 4.79 Å². The summed E-state index contributed by atoms with van der Waals surface area (Å²) in [6.45, 7) is -0.423. The Balaban J connectivity index is 1.75. The van der Waals surface area contributed by atoms with Crippen molar-refractivity contribution >= 4 is 33.7 Å². The maximum absolute atomic E-state index is 12.2. The highest BCUT2D eigenvalue weighted by Crippen LogP contribution is 2.25. The maximum atomic E-state index is 12.2. The molecule has 0 aliphatic carbocycles. The molecular weight excluding hydrogens is 350 g/mol. The fraction of sp³-hybridized carbons (Fsp3) is 0.0625.